The highest BCUT2D eigenvalue weighted by Gasteiger charge is 2.13. The van der Waals surface area contributed by atoms with Gasteiger partial charge in [-0.2, -0.15) is 4.37 Å². The van der Waals surface area contributed by atoms with E-state index in [9.17, 15) is 9.18 Å². The number of hydrogen-bond acceptors (Lipinski definition) is 5. The van der Waals surface area contributed by atoms with Crippen molar-refractivity contribution in [2.45, 2.75) is 11.8 Å². The zero-order chi connectivity index (χ0) is 12.4. The summed E-state index contributed by atoms with van der Waals surface area (Å²) in [5.41, 5.74) is -0.0645. The van der Waals surface area contributed by atoms with Crippen LogP contribution in [0.25, 0.3) is 0 Å². The number of aromatic nitrogens is 2. The van der Waals surface area contributed by atoms with Crippen molar-refractivity contribution in [3.05, 3.63) is 35.4 Å². The van der Waals surface area contributed by atoms with Gasteiger partial charge >= 0.3 is 0 Å². The fourth-order valence-electron chi connectivity index (χ4n) is 1.20. The van der Waals surface area contributed by atoms with Crippen LogP contribution in [0.1, 0.15) is 16.2 Å². The second-order valence-corrected chi connectivity index (χ2v) is 4.53. The average molecular weight is 269 g/mol. The maximum atomic E-state index is 13.4. The number of carbonyl (C=O) groups is 1. The van der Waals surface area contributed by atoms with Gasteiger partial charge in [-0.3, -0.25) is 10.1 Å². The van der Waals surface area contributed by atoms with Crippen molar-refractivity contribution in [2.24, 2.45) is 0 Å². The Morgan fingerprint density at radius 1 is 1.53 bits per heavy atom. The average Bonchev–Trinajstić information content (AvgIpc) is 2.67. The van der Waals surface area contributed by atoms with Gasteiger partial charge in [0.1, 0.15) is 11.6 Å². The van der Waals surface area contributed by atoms with Crippen LogP contribution in [0.5, 0.6) is 0 Å². The molecule has 1 aromatic heterocycles. The van der Waals surface area contributed by atoms with Crippen molar-refractivity contribution in [1.82, 2.24) is 9.36 Å². The molecule has 1 amide bonds. The number of halogens is 1. The predicted molar refractivity (Wildman–Crippen MR) is 66.3 cm³/mol. The Balaban J connectivity index is 2.22. The van der Waals surface area contributed by atoms with E-state index in [0.29, 0.717) is 15.9 Å². The van der Waals surface area contributed by atoms with E-state index in [1.807, 2.05) is 0 Å². The van der Waals surface area contributed by atoms with E-state index < -0.39 is 11.7 Å². The summed E-state index contributed by atoms with van der Waals surface area (Å²) in [7, 11) is 0. The summed E-state index contributed by atoms with van der Waals surface area (Å²) >= 11 is 5.10. The normalized spacial score (nSPS) is 10.3. The van der Waals surface area contributed by atoms with E-state index in [1.54, 1.807) is 6.92 Å². The summed E-state index contributed by atoms with van der Waals surface area (Å²) in [6.45, 7) is 1.71. The molecule has 0 saturated heterocycles. The van der Waals surface area contributed by atoms with Crippen LogP contribution >= 0.6 is 24.2 Å². The molecule has 0 radical (unpaired) electrons. The monoisotopic (exact) mass is 269 g/mol. The van der Waals surface area contributed by atoms with E-state index in [0.717, 1.165) is 11.5 Å². The third kappa shape index (κ3) is 2.80. The van der Waals surface area contributed by atoms with Crippen LogP contribution in [-0.2, 0) is 0 Å². The van der Waals surface area contributed by atoms with Crippen LogP contribution < -0.4 is 5.32 Å². The lowest BCUT2D eigenvalue weighted by Gasteiger charge is -2.03. The number of nitrogens with one attached hydrogen (secondary N) is 1. The van der Waals surface area contributed by atoms with Gasteiger partial charge in [-0.1, -0.05) is 0 Å². The molecular formula is C10H8FN3OS2. The van der Waals surface area contributed by atoms with Crippen molar-refractivity contribution in [3.63, 3.8) is 0 Å². The van der Waals surface area contributed by atoms with Gasteiger partial charge in [-0.25, -0.2) is 9.37 Å². The van der Waals surface area contributed by atoms with Gasteiger partial charge in [0.2, 0.25) is 5.13 Å². The molecule has 2 rings (SSSR count). The standard InChI is InChI=1S/C10H8FN3OS2/c1-5-12-10(17-14-5)13-9(15)7-4-6(16)2-3-8(7)11/h2-4,16H,1H3,(H,12,13,14,15). The summed E-state index contributed by atoms with van der Waals surface area (Å²) in [5, 5.41) is 2.82. The molecule has 2 aromatic rings. The Hall–Kier alpha value is -1.47. The number of nitrogens with zero attached hydrogens (tertiary/aromatic N) is 2. The second-order valence-electron chi connectivity index (χ2n) is 3.27. The molecule has 1 N–H and O–H groups in total. The molecule has 0 saturated carbocycles. The highest BCUT2D eigenvalue weighted by molar-refractivity contribution is 7.80. The molecule has 0 aliphatic carbocycles. The largest absolute Gasteiger partial charge is 0.296 e. The number of hydrogen-bond donors (Lipinski definition) is 2. The second kappa shape index (κ2) is 4.80. The minimum atomic E-state index is -0.596. The van der Waals surface area contributed by atoms with Crippen LogP contribution in [0.15, 0.2) is 23.1 Å². The lowest BCUT2D eigenvalue weighted by Crippen LogP contribution is -2.13. The van der Waals surface area contributed by atoms with Crippen molar-refractivity contribution in [1.29, 1.82) is 0 Å². The number of rotatable bonds is 2. The van der Waals surface area contributed by atoms with Gasteiger partial charge in [-0.15, -0.1) is 12.6 Å². The van der Waals surface area contributed by atoms with Crippen molar-refractivity contribution in [3.8, 4) is 0 Å². The number of carbonyl (C=O) groups excluding carboxylic acids is 1. The molecule has 0 fully saturated rings. The number of aryl methyl sites for hydroxylation is 1. The Morgan fingerprint density at radius 2 is 2.29 bits per heavy atom. The zero-order valence-electron chi connectivity index (χ0n) is 8.77. The molecule has 0 atom stereocenters. The molecule has 1 heterocycles. The molecule has 88 valence electrons. The third-order valence-electron chi connectivity index (χ3n) is 1.94. The van der Waals surface area contributed by atoms with Crippen molar-refractivity contribution >= 4 is 35.2 Å². The first-order valence-electron chi connectivity index (χ1n) is 4.66. The van der Waals surface area contributed by atoms with E-state index in [1.165, 1.54) is 18.2 Å². The third-order valence-corrected chi connectivity index (χ3v) is 2.94. The quantitative estimate of drug-likeness (QED) is 0.824. The first-order chi connectivity index (χ1) is 8.06. The molecule has 0 unspecified atom stereocenters. The fourth-order valence-corrected chi connectivity index (χ4v) is 1.97. The van der Waals surface area contributed by atoms with Crippen LogP contribution in [0.4, 0.5) is 9.52 Å². The molecule has 4 nitrogen and oxygen atoms in total. The first kappa shape index (κ1) is 12.0. The summed E-state index contributed by atoms with van der Waals surface area (Å²) in [5.74, 6) is -0.593. The Bertz CT molecular complexity index is 570. The maximum Gasteiger partial charge on any atom is 0.260 e. The Morgan fingerprint density at radius 3 is 2.94 bits per heavy atom. The topological polar surface area (TPSA) is 54.9 Å². The van der Waals surface area contributed by atoms with E-state index in [4.69, 9.17) is 0 Å². The number of anilines is 1. The van der Waals surface area contributed by atoms with Crippen molar-refractivity contribution < 1.29 is 9.18 Å². The summed E-state index contributed by atoms with van der Waals surface area (Å²) < 4.78 is 17.3. The molecule has 0 aliphatic heterocycles. The van der Waals surface area contributed by atoms with Gasteiger partial charge in [0, 0.05) is 16.4 Å². The van der Waals surface area contributed by atoms with Crippen LogP contribution in [-0.4, -0.2) is 15.3 Å². The number of benzene rings is 1. The van der Waals surface area contributed by atoms with E-state index in [-0.39, 0.29) is 5.56 Å². The van der Waals surface area contributed by atoms with Crippen LogP contribution in [0, 0.1) is 12.7 Å². The lowest BCUT2D eigenvalue weighted by atomic mass is 10.2. The van der Waals surface area contributed by atoms with Gasteiger partial charge in [-0.05, 0) is 25.1 Å². The lowest BCUT2D eigenvalue weighted by molar-refractivity contribution is 0.102. The Labute approximate surface area is 106 Å². The number of thiol groups is 1. The van der Waals surface area contributed by atoms with E-state index in [2.05, 4.69) is 27.3 Å². The molecular weight excluding hydrogens is 261 g/mol. The molecule has 0 aliphatic rings. The minimum Gasteiger partial charge on any atom is -0.296 e. The molecule has 0 spiro atoms. The summed E-state index contributed by atoms with van der Waals surface area (Å²) in [6.07, 6.45) is 0. The smallest absolute Gasteiger partial charge is 0.260 e. The van der Waals surface area contributed by atoms with Gasteiger partial charge in [0.25, 0.3) is 5.91 Å². The highest BCUT2D eigenvalue weighted by atomic mass is 32.1. The molecule has 7 heteroatoms. The van der Waals surface area contributed by atoms with Crippen molar-refractivity contribution in [2.75, 3.05) is 5.32 Å². The fraction of sp³-hybridized carbons (Fsp3) is 0.100. The Kier molecular flexibility index (Phi) is 3.39. The minimum absolute atomic E-state index is 0.0645. The molecule has 1 aromatic carbocycles. The molecule has 17 heavy (non-hydrogen) atoms. The number of amides is 1. The molecule has 0 bridgehead atoms. The van der Waals surface area contributed by atoms with Gasteiger partial charge in [0.05, 0.1) is 5.56 Å². The van der Waals surface area contributed by atoms with E-state index >= 15 is 0 Å². The van der Waals surface area contributed by atoms with Crippen LogP contribution in [0.2, 0.25) is 0 Å². The first-order valence-corrected chi connectivity index (χ1v) is 5.88. The summed E-state index contributed by atoms with van der Waals surface area (Å²) in [4.78, 5) is 16.2. The summed E-state index contributed by atoms with van der Waals surface area (Å²) in [6, 6.07) is 4.04. The zero-order valence-corrected chi connectivity index (χ0v) is 10.5. The van der Waals surface area contributed by atoms with Crippen LogP contribution in [0.3, 0.4) is 0 Å². The van der Waals surface area contributed by atoms with Gasteiger partial charge < -0.3 is 0 Å². The predicted octanol–water partition coefficient (Wildman–Crippen LogP) is 2.53. The SMILES string of the molecule is Cc1nsc(NC(=O)c2cc(S)ccc2F)n1. The van der Waals surface area contributed by atoms with Gasteiger partial charge in [0.15, 0.2) is 0 Å². The highest BCUT2D eigenvalue weighted by Crippen LogP contribution is 2.16. The maximum absolute atomic E-state index is 13.4.